The first kappa shape index (κ1) is 17.0. The van der Waals surface area contributed by atoms with E-state index in [9.17, 15) is 4.79 Å². The molecule has 1 aliphatic heterocycles. The van der Waals surface area contributed by atoms with E-state index in [1.54, 1.807) is 41.8 Å². The van der Waals surface area contributed by atoms with Crippen molar-refractivity contribution in [2.45, 2.75) is 6.54 Å². The number of amides is 1. The zero-order valence-electron chi connectivity index (χ0n) is 14.7. The standard InChI is InChI=1S/C18H19N7O2/c26-17(24-8-10-25(11-9-24)18-19-6-2-7-20-18)15-4-5-16(23-22-15)21-13-14-3-1-12-27-14/h1-7,12H,8-11,13H2,(H,21,23). The summed E-state index contributed by atoms with van der Waals surface area (Å²) in [6.45, 7) is 3.07. The predicted octanol–water partition coefficient (Wildman–Crippen LogP) is 1.43. The molecule has 9 nitrogen and oxygen atoms in total. The molecule has 138 valence electrons. The molecule has 1 saturated heterocycles. The van der Waals surface area contributed by atoms with Crippen LogP contribution in [0.25, 0.3) is 0 Å². The molecule has 4 rings (SSSR count). The SMILES string of the molecule is O=C(c1ccc(NCc2ccco2)nn1)N1CCN(c2ncccn2)CC1. The number of nitrogens with one attached hydrogen (secondary N) is 1. The second-order valence-corrected chi connectivity index (χ2v) is 6.06. The Morgan fingerprint density at radius 2 is 1.85 bits per heavy atom. The van der Waals surface area contributed by atoms with E-state index < -0.39 is 0 Å². The molecular formula is C18H19N7O2. The van der Waals surface area contributed by atoms with E-state index in [2.05, 4.69) is 30.4 Å². The van der Waals surface area contributed by atoms with E-state index in [4.69, 9.17) is 4.42 Å². The first-order valence-corrected chi connectivity index (χ1v) is 8.71. The molecule has 0 bridgehead atoms. The fourth-order valence-corrected chi connectivity index (χ4v) is 2.86. The summed E-state index contributed by atoms with van der Waals surface area (Å²) in [6.07, 6.45) is 5.06. The predicted molar refractivity (Wildman–Crippen MR) is 98.2 cm³/mol. The van der Waals surface area contributed by atoms with E-state index in [0.29, 0.717) is 50.2 Å². The Balaban J connectivity index is 1.32. The summed E-state index contributed by atoms with van der Waals surface area (Å²) in [5, 5.41) is 11.2. The van der Waals surface area contributed by atoms with E-state index in [1.165, 1.54) is 0 Å². The van der Waals surface area contributed by atoms with Gasteiger partial charge in [0.15, 0.2) is 5.69 Å². The fraction of sp³-hybridized carbons (Fsp3) is 0.278. The molecule has 3 aromatic rings. The number of piperazine rings is 1. The van der Waals surface area contributed by atoms with Gasteiger partial charge in [-0.15, -0.1) is 10.2 Å². The minimum Gasteiger partial charge on any atom is -0.467 e. The Bertz CT molecular complexity index is 860. The van der Waals surface area contributed by atoms with E-state index in [0.717, 1.165) is 5.76 Å². The second kappa shape index (κ2) is 7.81. The van der Waals surface area contributed by atoms with Crippen molar-refractivity contribution in [1.29, 1.82) is 0 Å². The van der Waals surface area contributed by atoms with Crippen LogP contribution in [-0.4, -0.2) is 57.2 Å². The smallest absolute Gasteiger partial charge is 0.274 e. The van der Waals surface area contributed by atoms with E-state index in [-0.39, 0.29) is 5.91 Å². The highest BCUT2D eigenvalue weighted by Gasteiger charge is 2.24. The van der Waals surface area contributed by atoms with Crippen LogP contribution in [0.4, 0.5) is 11.8 Å². The lowest BCUT2D eigenvalue weighted by atomic mass is 10.2. The average molecular weight is 365 g/mol. The summed E-state index contributed by atoms with van der Waals surface area (Å²) in [5.74, 6) is 1.97. The maximum Gasteiger partial charge on any atom is 0.274 e. The van der Waals surface area contributed by atoms with Crippen LogP contribution in [-0.2, 0) is 6.54 Å². The molecule has 9 heteroatoms. The van der Waals surface area contributed by atoms with Crippen LogP contribution in [0.3, 0.4) is 0 Å². The number of carbonyl (C=O) groups is 1. The fourth-order valence-electron chi connectivity index (χ4n) is 2.86. The molecule has 0 spiro atoms. The Labute approximate surface area is 156 Å². The molecular weight excluding hydrogens is 346 g/mol. The van der Waals surface area contributed by atoms with Gasteiger partial charge in [0, 0.05) is 38.6 Å². The molecule has 1 N–H and O–H groups in total. The lowest BCUT2D eigenvalue weighted by Crippen LogP contribution is -2.49. The summed E-state index contributed by atoms with van der Waals surface area (Å²) in [5.41, 5.74) is 0.336. The van der Waals surface area contributed by atoms with Crippen molar-refractivity contribution in [2.24, 2.45) is 0 Å². The average Bonchev–Trinajstić information content (AvgIpc) is 3.27. The van der Waals surface area contributed by atoms with Gasteiger partial charge in [0.05, 0.1) is 12.8 Å². The zero-order valence-corrected chi connectivity index (χ0v) is 14.7. The monoisotopic (exact) mass is 365 g/mol. The van der Waals surface area contributed by atoms with Gasteiger partial charge >= 0.3 is 0 Å². The van der Waals surface area contributed by atoms with Crippen LogP contribution in [0.1, 0.15) is 16.2 Å². The lowest BCUT2D eigenvalue weighted by Gasteiger charge is -2.34. The molecule has 0 aromatic carbocycles. The van der Waals surface area contributed by atoms with Gasteiger partial charge in [0.2, 0.25) is 5.95 Å². The number of aromatic nitrogens is 4. The van der Waals surface area contributed by atoms with Crippen molar-refractivity contribution in [3.63, 3.8) is 0 Å². The van der Waals surface area contributed by atoms with Gasteiger partial charge in [-0.25, -0.2) is 9.97 Å². The lowest BCUT2D eigenvalue weighted by molar-refractivity contribution is 0.0739. The van der Waals surface area contributed by atoms with Crippen molar-refractivity contribution < 1.29 is 9.21 Å². The molecule has 1 fully saturated rings. The highest BCUT2D eigenvalue weighted by atomic mass is 16.3. The minimum absolute atomic E-state index is 0.117. The van der Waals surface area contributed by atoms with Crippen LogP contribution < -0.4 is 10.2 Å². The van der Waals surface area contributed by atoms with Gasteiger partial charge in [-0.1, -0.05) is 0 Å². The molecule has 1 aliphatic rings. The third-order valence-corrected chi connectivity index (χ3v) is 4.31. The van der Waals surface area contributed by atoms with Crippen LogP contribution in [0.5, 0.6) is 0 Å². The zero-order chi connectivity index (χ0) is 18.5. The summed E-state index contributed by atoms with van der Waals surface area (Å²) >= 11 is 0. The number of hydrogen-bond acceptors (Lipinski definition) is 8. The van der Waals surface area contributed by atoms with Crippen molar-refractivity contribution in [3.05, 3.63) is 60.4 Å². The van der Waals surface area contributed by atoms with Crippen LogP contribution >= 0.6 is 0 Å². The maximum atomic E-state index is 12.6. The van der Waals surface area contributed by atoms with Gasteiger partial charge < -0.3 is 19.5 Å². The van der Waals surface area contributed by atoms with E-state index in [1.807, 2.05) is 12.1 Å². The van der Waals surface area contributed by atoms with Crippen LogP contribution in [0.2, 0.25) is 0 Å². The molecule has 27 heavy (non-hydrogen) atoms. The van der Waals surface area contributed by atoms with Crippen molar-refractivity contribution in [3.8, 4) is 0 Å². The molecule has 0 atom stereocenters. The number of rotatable bonds is 5. The normalized spacial score (nSPS) is 14.2. The third-order valence-electron chi connectivity index (χ3n) is 4.31. The van der Waals surface area contributed by atoms with Gasteiger partial charge in [-0.3, -0.25) is 4.79 Å². The molecule has 0 radical (unpaired) electrons. The van der Waals surface area contributed by atoms with Crippen LogP contribution in [0.15, 0.2) is 53.4 Å². The largest absolute Gasteiger partial charge is 0.467 e. The molecule has 1 amide bonds. The second-order valence-electron chi connectivity index (χ2n) is 6.06. The number of furan rings is 1. The molecule has 0 aliphatic carbocycles. The summed E-state index contributed by atoms with van der Waals surface area (Å²) < 4.78 is 5.25. The first-order valence-electron chi connectivity index (χ1n) is 8.71. The quantitative estimate of drug-likeness (QED) is 0.725. The molecule has 0 saturated carbocycles. The van der Waals surface area contributed by atoms with Crippen molar-refractivity contribution >= 4 is 17.7 Å². The van der Waals surface area contributed by atoms with Crippen LogP contribution in [0, 0.1) is 0 Å². The Kier molecular flexibility index (Phi) is 4.91. The topological polar surface area (TPSA) is 100 Å². The first-order chi connectivity index (χ1) is 13.3. The van der Waals surface area contributed by atoms with Gasteiger partial charge in [0.1, 0.15) is 11.6 Å². The van der Waals surface area contributed by atoms with Gasteiger partial charge in [-0.05, 0) is 30.3 Å². The van der Waals surface area contributed by atoms with Gasteiger partial charge in [-0.2, -0.15) is 0 Å². The maximum absolute atomic E-state index is 12.6. The highest BCUT2D eigenvalue weighted by Crippen LogP contribution is 2.12. The highest BCUT2D eigenvalue weighted by molar-refractivity contribution is 5.92. The summed E-state index contributed by atoms with van der Waals surface area (Å²) in [7, 11) is 0. The number of carbonyl (C=O) groups excluding carboxylic acids is 1. The molecule has 0 unspecified atom stereocenters. The van der Waals surface area contributed by atoms with Gasteiger partial charge in [0.25, 0.3) is 5.91 Å². The van der Waals surface area contributed by atoms with E-state index >= 15 is 0 Å². The summed E-state index contributed by atoms with van der Waals surface area (Å²) in [6, 6.07) is 8.92. The Hall–Kier alpha value is -3.49. The number of nitrogens with zero attached hydrogens (tertiary/aromatic N) is 6. The van der Waals surface area contributed by atoms with Crippen molar-refractivity contribution in [2.75, 3.05) is 36.4 Å². The molecule has 4 heterocycles. The van der Waals surface area contributed by atoms with Crippen molar-refractivity contribution in [1.82, 2.24) is 25.1 Å². The number of anilines is 2. The Morgan fingerprint density at radius 3 is 2.52 bits per heavy atom. The Morgan fingerprint density at radius 1 is 1.04 bits per heavy atom. The minimum atomic E-state index is -0.117. The third kappa shape index (κ3) is 4.02. The summed E-state index contributed by atoms with van der Waals surface area (Å²) in [4.78, 5) is 25.0. The number of hydrogen-bond donors (Lipinski definition) is 1. The molecule has 3 aromatic heterocycles.